The van der Waals surface area contributed by atoms with Crippen LogP contribution < -0.4 is 0 Å². The van der Waals surface area contributed by atoms with Gasteiger partial charge in [-0.25, -0.2) is 0 Å². The molecule has 5 aromatic rings. The molecule has 7 rings (SSSR count). The fourth-order valence-corrected chi connectivity index (χ4v) is 5.32. The number of benzene rings is 6. The van der Waals surface area contributed by atoms with E-state index in [0.717, 1.165) is 0 Å². The molecule has 0 bridgehead atoms. The average molecular weight is 365 g/mol. The predicted octanol–water partition coefficient (Wildman–Crippen LogP) is 8.28. The van der Waals surface area contributed by atoms with Crippen LogP contribution in [0.5, 0.6) is 0 Å². The zero-order valence-electron chi connectivity index (χ0n) is 15.8. The van der Waals surface area contributed by atoms with Crippen LogP contribution in [0.15, 0.2) is 103 Å². The van der Waals surface area contributed by atoms with Gasteiger partial charge in [0.25, 0.3) is 0 Å². The van der Waals surface area contributed by atoms with Gasteiger partial charge in [-0.15, -0.1) is 30.3 Å². The van der Waals surface area contributed by atoms with Crippen molar-refractivity contribution in [1.82, 2.24) is 0 Å². The summed E-state index contributed by atoms with van der Waals surface area (Å²) < 4.78 is 0. The molecular weight excluding hydrogens is 348 g/mol. The Hall–Kier alpha value is -3.77. The van der Waals surface area contributed by atoms with E-state index in [1.54, 1.807) is 0 Å². The highest BCUT2D eigenvalue weighted by molar-refractivity contribution is 6.36. The lowest BCUT2D eigenvalue weighted by atomic mass is 9.89. The second-order valence-corrected chi connectivity index (χ2v) is 7.90. The minimum Gasteiger partial charge on any atom is -0.117 e. The fraction of sp³-hybridized carbons (Fsp3) is 0. The summed E-state index contributed by atoms with van der Waals surface area (Å²) in [4.78, 5) is 0. The van der Waals surface area contributed by atoms with Crippen LogP contribution in [0.4, 0.5) is 0 Å². The number of fused-ring (bicyclic) bond motifs is 13. The molecule has 2 aliphatic rings. The smallest absolute Gasteiger partial charge is 0.00991 e. The Kier molecular flexibility index (Phi) is 2.83. The maximum Gasteiger partial charge on any atom is -0.00991 e. The summed E-state index contributed by atoms with van der Waals surface area (Å²) in [5.74, 6) is 0. The Morgan fingerprint density at radius 3 is 1.79 bits per heavy atom. The first-order valence-corrected chi connectivity index (χ1v) is 10.1. The first-order chi connectivity index (χ1) is 14.4. The van der Waals surface area contributed by atoms with Crippen molar-refractivity contribution in [2.24, 2.45) is 0 Å². The maximum atomic E-state index is 2.42. The van der Waals surface area contributed by atoms with Crippen molar-refractivity contribution in [3.8, 4) is 11.1 Å². The second-order valence-electron chi connectivity index (χ2n) is 7.90. The highest BCUT2D eigenvalue weighted by Gasteiger charge is 2.17. The Balaban J connectivity index is 1.92. The van der Waals surface area contributed by atoms with Crippen molar-refractivity contribution in [1.29, 1.82) is 0 Å². The van der Waals surface area contributed by atoms with Gasteiger partial charge in [0, 0.05) is 0 Å². The third kappa shape index (κ3) is 1.86. The maximum absolute atomic E-state index is 2.42. The normalized spacial score (nSPS) is 12.1. The zero-order chi connectivity index (χ0) is 18.9. The second kappa shape index (κ2) is 5.40. The van der Waals surface area contributed by atoms with Crippen LogP contribution in [0.3, 0.4) is 0 Å². The lowest BCUT2D eigenvalue weighted by molar-refractivity contribution is 1.76. The minimum atomic E-state index is 1.33. The molecule has 0 heteroatoms. The molecule has 0 heterocycles. The molecule has 0 atom stereocenters. The summed E-state index contributed by atoms with van der Waals surface area (Å²) in [6.07, 6.45) is 0. The van der Waals surface area contributed by atoms with Crippen molar-refractivity contribution in [3.63, 3.8) is 0 Å². The summed E-state index contributed by atoms with van der Waals surface area (Å²) in [5, 5.41) is 13.4. The molecule has 0 saturated carbocycles. The van der Waals surface area contributed by atoms with Gasteiger partial charge in [0.2, 0.25) is 0 Å². The van der Waals surface area contributed by atoms with Crippen LogP contribution in [0.2, 0.25) is 0 Å². The lowest BCUT2D eigenvalue weighted by Gasteiger charge is -2.18. The van der Waals surface area contributed by atoms with Crippen LogP contribution >= 0.6 is 0 Å². The SMILES string of the molecule is c1ccc2c(c1)c1c3c4ccccc4c4ccccc4c3cc-1c1cccc[c-]12. The van der Waals surface area contributed by atoms with Gasteiger partial charge in [-0.1, -0.05) is 105 Å². The van der Waals surface area contributed by atoms with E-state index in [0.29, 0.717) is 0 Å². The monoisotopic (exact) mass is 365 g/mol. The number of rotatable bonds is 0. The molecule has 0 radical (unpaired) electrons. The van der Waals surface area contributed by atoms with Crippen molar-refractivity contribution < 1.29 is 0 Å². The number of hydrogen-bond donors (Lipinski definition) is 0. The van der Waals surface area contributed by atoms with Crippen molar-refractivity contribution in [2.45, 2.75) is 0 Å². The molecule has 0 unspecified atom stereocenters. The summed E-state index contributed by atoms with van der Waals surface area (Å²) in [7, 11) is 0. The Labute approximate surface area is 168 Å². The molecule has 0 nitrogen and oxygen atoms in total. The lowest BCUT2D eigenvalue weighted by Crippen LogP contribution is -1.85. The Morgan fingerprint density at radius 1 is 0.448 bits per heavy atom. The van der Waals surface area contributed by atoms with Crippen LogP contribution in [0.1, 0.15) is 0 Å². The van der Waals surface area contributed by atoms with Gasteiger partial charge >= 0.3 is 0 Å². The Morgan fingerprint density at radius 2 is 1.00 bits per heavy atom. The van der Waals surface area contributed by atoms with E-state index in [-0.39, 0.29) is 0 Å². The van der Waals surface area contributed by atoms with Gasteiger partial charge in [0.15, 0.2) is 0 Å². The van der Waals surface area contributed by atoms with Crippen LogP contribution in [-0.2, 0) is 0 Å². The van der Waals surface area contributed by atoms with Crippen LogP contribution in [-0.4, -0.2) is 0 Å². The van der Waals surface area contributed by atoms with E-state index < -0.39 is 0 Å². The van der Waals surface area contributed by atoms with Gasteiger partial charge in [0.05, 0.1) is 0 Å². The standard InChI is InChI=1S/C29H17/c1-3-13-22-18(9-1)20-11-5-7-15-24(20)28-26(22)17-27-23-14-4-2-10-19(23)21-12-6-8-16-25(21)29(27)28/h1-17H/q-1. The van der Waals surface area contributed by atoms with E-state index in [2.05, 4.69) is 103 Å². The molecule has 5 aromatic carbocycles. The minimum absolute atomic E-state index is 1.33. The predicted molar refractivity (Wildman–Crippen MR) is 126 cm³/mol. The van der Waals surface area contributed by atoms with Crippen LogP contribution in [0.25, 0.3) is 65.0 Å². The molecule has 0 saturated heterocycles. The van der Waals surface area contributed by atoms with Crippen molar-refractivity contribution >= 4 is 53.9 Å². The molecule has 0 aromatic heterocycles. The molecule has 0 aliphatic heterocycles. The quantitative estimate of drug-likeness (QED) is 0.187. The molecule has 2 aliphatic carbocycles. The van der Waals surface area contributed by atoms with E-state index in [1.807, 2.05) is 0 Å². The van der Waals surface area contributed by atoms with Gasteiger partial charge < -0.3 is 0 Å². The van der Waals surface area contributed by atoms with Gasteiger partial charge in [-0.2, -0.15) is 0 Å². The van der Waals surface area contributed by atoms with Crippen LogP contribution in [0, 0.1) is 0 Å². The van der Waals surface area contributed by atoms with E-state index in [4.69, 9.17) is 0 Å². The van der Waals surface area contributed by atoms with E-state index in [1.165, 1.54) is 65.0 Å². The molecule has 0 amide bonds. The summed E-state index contributed by atoms with van der Waals surface area (Å²) >= 11 is 0. The van der Waals surface area contributed by atoms with Gasteiger partial charge in [0.1, 0.15) is 0 Å². The highest BCUT2D eigenvalue weighted by atomic mass is 14.2. The fourth-order valence-electron chi connectivity index (χ4n) is 5.32. The first kappa shape index (κ1) is 15.2. The molecule has 29 heavy (non-hydrogen) atoms. The third-order valence-corrected chi connectivity index (χ3v) is 6.48. The van der Waals surface area contributed by atoms with Crippen molar-refractivity contribution in [3.05, 3.63) is 103 Å². The molecule has 0 spiro atoms. The summed E-state index contributed by atoms with van der Waals surface area (Å²) in [6.45, 7) is 0. The van der Waals surface area contributed by atoms with Crippen molar-refractivity contribution in [2.75, 3.05) is 0 Å². The molecule has 0 N–H and O–H groups in total. The highest BCUT2D eigenvalue weighted by Crippen LogP contribution is 2.49. The Bertz CT molecular complexity index is 1690. The average Bonchev–Trinajstić information content (AvgIpc) is 3.21. The molecular formula is C29H17-. The zero-order valence-corrected chi connectivity index (χ0v) is 15.8. The largest absolute Gasteiger partial charge is 0.117 e. The summed E-state index contributed by atoms with van der Waals surface area (Å²) in [6, 6.07) is 37.8. The first-order valence-electron chi connectivity index (χ1n) is 10.1. The van der Waals surface area contributed by atoms with Gasteiger partial charge in [-0.3, -0.25) is 0 Å². The van der Waals surface area contributed by atoms with Gasteiger partial charge in [-0.05, 0) is 32.3 Å². The van der Waals surface area contributed by atoms with E-state index in [9.17, 15) is 0 Å². The molecule has 0 fully saturated rings. The van der Waals surface area contributed by atoms with E-state index >= 15 is 0 Å². The topological polar surface area (TPSA) is 0 Å². The molecule has 134 valence electrons. The summed E-state index contributed by atoms with van der Waals surface area (Å²) in [5.41, 5.74) is 2.74. The third-order valence-electron chi connectivity index (χ3n) is 6.48. The number of hydrogen-bond acceptors (Lipinski definition) is 0.